The van der Waals surface area contributed by atoms with E-state index in [2.05, 4.69) is 34.6 Å². The van der Waals surface area contributed by atoms with E-state index in [-0.39, 0.29) is 0 Å². The molecule has 1 aromatic heterocycles. The van der Waals surface area contributed by atoms with Crippen LogP contribution in [0.4, 0.5) is 0 Å². The fraction of sp³-hybridized carbons (Fsp3) is 0.571. The Balaban J connectivity index is 2.60. The number of nitrogens with zero attached hydrogens (tertiary/aromatic N) is 2. The number of halogens is 1. The topological polar surface area (TPSA) is 27.1 Å². The van der Waals surface area contributed by atoms with Gasteiger partial charge in [0.25, 0.3) is 0 Å². The molecule has 1 atom stereocenters. The van der Waals surface area contributed by atoms with Gasteiger partial charge in [-0.3, -0.25) is 4.68 Å². The molecule has 11 heavy (non-hydrogen) atoms. The van der Waals surface area contributed by atoms with Gasteiger partial charge in [-0.2, -0.15) is 5.10 Å². The fourth-order valence-electron chi connectivity index (χ4n) is 0.878. The third-order valence-corrected chi connectivity index (χ3v) is 2.01. The molecule has 0 fully saturated rings. The average Bonchev–Trinajstić information content (AvgIpc) is 2.36. The standard InChI is InChI=1S/C7H11IN2O/c1-6(5-11-2)10-4-3-7(8)9-10/h3-4,6H,5H2,1-2H3. The van der Waals surface area contributed by atoms with Crippen molar-refractivity contribution in [3.05, 3.63) is 16.0 Å². The predicted molar refractivity (Wildman–Crippen MR) is 51.5 cm³/mol. The van der Waals surface area contributed by atoms with Crippen LogP contribution in [0, 0.1) is 3.70 Å². The predicted octanol–water partition coefficient (Wildman–Crippen LogP) is 1.70. The van der Waals surface area contributed by atoms with Gasteiger partial charge in [0.2, 0.25) is 0 Å². The first kappa shape index (κ1) is 8.99. The highest BCUT2D eigenvalue weighted by molar-refractivity contribution is 14.1. The maximum atomic E-state index is 5.00. The Morgan fingerprint density at radius 3 is 3.00 bits per heavy atom. The maximum Gasteiger partial charge on any atom is 0.123 e. The lowest BCUT2D eigenvalue weighted by molar-refractivity contribution is 0.157. The molecule has 1 rings (SSSR count). The lowest BCUT2D eigenvalue weighted by atomic mass is 10.4. The highest BCUT2D eigenvalue weighted by Crippen LogP contribution is 2.06. The van der Waals surface area contributed by atoms with E-state index >= 15 is 0 Å². The Kier molecular flexibility index (Phi) is 3.32. The summed E-state index contributed by atoms with van der Waals surface area (Å²) in [6, 6.07) is 2.30. The van der Waals surface area contributed by atoms with E-state index < -0.39 is 0 Å². The van der Waals surface area contributed by atoms with Gasteiger partial charge in [-0.25, -0.2) is 0 Å². The van der Waals surface area contributed by atoms with Crippen LogP contribution < -0.4 is 0 Å². The summed E-state index contributed by atoms with van der Waals surface area (Å²) < 4.78 is 7.93. The number of aromatic nitrogens is 2. The molecule has 0 radical (unpaired) electrons. The van der Waals surface area contributed by atoms with Gasteiger partial charge in [-0.1, -0.05) is 0 Å². The zero-order chi connectivity index (χ0) is 8.27. The van der Waals surface area contributed by atoms with Gasteiger partial charge >= 0.3 is 0 Å². The van der Waals surface area contributed by atoms with Gasteiger partial charge in [0, 0.05) is 13.3 Å². The van der Waals surface area contributed by atoms with E-state index in [1.165, 1.54) is 0 Å². The summed E-state index contributed by atoms with van der Waals surface area (Å²) in [5.41, 5.74) is 0. The first-order valence-corrected chi connectivity index (χ1v) is 4.51. The SMILES string of the molecule is COCC(C)n1ccc(I)n1. The van der Waals surface area contributed by atoms with Crippen LogP contribution in [-0.4, -0.2) is 23.5 Å². The zero-order valence-electron chi connectivity index (χ0n) is 6.62. The van der Waals surface area contributed by atoms with Crippen molar-refractivity contribution in [1.29, 1.82) is 0 Å². The van der Waals surface area contributed by atoms with Crippen LogP contribution in [0.1, 0.15) is 13.0 Å². The molecule has 0 aromatic carbocycles. The second kappa shape index (κ2) is 4.06. The van der Waals surface area contributed by atoms with Crippen molar-refractivity contribution in [2.24, 2.45) is 0 Å². The minimum atomic E-state index is 0.323. The van der Waals surface area contributed by atoms with Crippen LogP contribution in [0.2, 0.25) is 0 Å². The Hall–Kier alpha value is -0.100. The average molecular weight is 266 g/mol. The third kappa shape index (κ3) is 2.44. The van der Waals surface area contributed by atoms with Gasteiger partial charge < -0.3 is 4.74 Å². The highest BCUT2D eigenvalue weighted by Gasteiger charge is 2.03. The molecule has 0 saturated carbocycles. The molecule has 0 aliphatic carbocycles. The molecule has 0 bridgehead atoms. The molecule has 0 aliphatic heterocycles. The van der Waals surface area contributed by atoms with Crippen molar-refractivity contribution >= 4 is 22.6 Å². The number of hydrogen-bond acceptors (Lipinski definition) is 2. The largest absolute Gasteiger partial charge is 0.382 e. The van der Waals surface area contributed by atoms with Crippen LogP contribution in [-0.2, 0) is 4.74 Å². The van der Waals surface area contributed by atoms with Crippen LogP contribution in [0.3, 0.4) is 0 Å². The van der Waals surface area contributed by atoms with E-state index in [4.69, 9.17) is 4.74 Å². The first-order valence-electron chi connectivity index (χ1n) is 3.43. The van der Waals surface area contributed by atoms with E-state index in [9.17, 15) is 0 Å². The summed E-state index contributed by atoms with van der Waals surface area (Å²) in [6.07, 6.45) is 1.96. The molecule has 1 unspecified atom stereocenters. The molecule has 1 heterocycles. The van der Waals surface area contributed by atoms with E-state index in [0.717, 1.165) is 3.70 Å². The molecule has 0 N–H and O–H groups in total. The number of ether oxygens (including phenoxy) is 1. The van der Waals surface area contributed by atoms with Gasteiger partial charge in [0.1, 0.15) is 3.70 Å². The monoisotopic (exact) mass is 266 g/mol. The molecule has 62 valence electrons. The molecule has 1 aromatic rings. The molecule has 0 spiro atoms. The number of hydrogen-bond donors (Lipinski definition) is 0. The third-order valence-electron chi connectivity index (χ3n) is 1.44. The van der Waals surface area contributed by atoms with Gasteiger partial charge in [-0.05, 0) is 35.6 Å². The van der Waals surface area contributed by atoms with Crippen molar-refractivity contribution in [2.75, 3.05) is 13.7 Å². The summed E-state index contributed by atoms with van der Waals surface area (Å²) >= 11 is 2.19. The van der Waals surface area contributed by atoms with E-state index in [0.29, 0.717) is 12.6 Å². The van der Waals surface area contributed by atoms with E-state index in [1.807, 2.05) is 16.9 Å². The van der Waals surface area contributed by atoms with Crippen LogP contribution in [0.25, 0.3) is 0 Å². The summed E-state index contributed by atoms with van der Waals surface area (Å²) in [7, 11) is 1.70. The minimum absolute atomic E-state index is 0.323. The second-order valence-electron chi connectivity index (χ2n) is 2.42. The smallest absolute Gasteiger partial charge is 0.123 e. The molecule has 3 nitrogen and oxygen atoms in total. The summed E-state index contributed by atoms with van der Waals surface area (Å²) in [5.74, 6) is 0. The van der Waals surface area contributed by atoms with Crippen molar-refractivity contribution < 1.29 is 4.74 Å². The molecular weight excluding hydrogens is 255 g/mol. The molecule has 0 aliphatic rings. The highest BCUT2D eigenvalue weighted by atomic mass is 127. The quantitative estimate of drug-likeness (QED) is 0.778. The molecular formula is C7H11IN2O. The number of rotatable bonds is 3. The molecule has 0 amide bonds. The van der Waals surface area contributed by atoms with Crippen molar-refractivity contribution in [3.63, 3.8) is 0 Å². The van der Waals surface area contributed by atoms with Crippen molar-refractivity contribution in [2.45, 2.75) is 13.0 Å². The lowest BCUT2D eigenvalue weighted by Gasteiger charge is -2.09. The van der Waals surface area contributed by atoms with Gasteiger partial charge in [0.15, 0.2) is 0 Å². The van der Waals surface area contributed by atoms with Crippen molar-refractivity contribution in [3.8, 4) is 0 Å². The summed E-state index contributed by atoms with van der Waals surface area (Å²) in [5, 5.41) is 4.25. The Morgan fingerprint density at radius 1 is 1.82 bits per heavy atom. The Labute approximate surface area is 79.9 Å². The van der Waals surface area contributed by atoms with Crippen LogP contribution in [0.5, 0.6) is 0 Å². The summed E-state index contributed by atoms with van der Waals surface area (Å²) in [4.78, 5) is 0. The van der Waals surface area contributed by atoms with Gasteiger partial charge in [-0.15, -0.1) is 0 Å². The lowest BCUT2D eigenvalue weighted by Crippen LogP contribution is -2.11. The van der Waals surface area contributed by atoms with Crippen LogP contribution >= 0.6 is 22.6 Å². The van der Waals surface area contributed by atoms with Gasteiger partial charge in [0.05, 0.1) is 12.6 Å². The van der Waals surface area contributed by atoms with Crippen molar-refractivity contribution in [1.82, 2.24) is 9.78 Å². The Morgan fingerprint density at radius 2 is 2.55 bits per heavy atom. The van der Waals surface area contributed by atoms with E-state index in [1.54, 1.807) is 7.11 Å². The fourth-order valence-corrected chi connectivity index (χ4v) is 1.29. The Bertz CT molecular complexity index is 224. The summed E-state index contributed by atoms with van der Waals surface area (Å²) in [6.45, 7) is 2.78. The molecule has 4 heteroatoms. The van der Waals surface area contributed by atoms with Crippen LogP contribution in [0.15, 0.2) is 12.3 Å². The minimum Gasteiger partial charge on any atom is -0.382 e. The maximum absolute atomic E-state index is 5.00. The number of methoxy groups -OCH3 is 1. The first-order chi connectivity index (χ1) is 5.24. The normalized spacial score (nSPS) is 13.4. The second-order valence-corrected chi connectivity index (χ2v) is 3.53. The zero-order valence-corrected chi connectivity index (χ0v) is 8.78. The molecule has 0 saturated heterocycles.